The van der Waals surface area contributed by atoms with Gasteiger partial charge in [-0.3, -0.25) is 10.2 Å². The predicted octanol–water partition coefficient (Wildman–Crippen LogP) is 4.95. The average molecular weight is 483 g/mol. The first-order valence-corrected chi connectivity index (χ1v) is 10.6. The molecule has 1 aliphatic rings. The van der Waals surface area contributed by atoms with E-state index in [0.717, 1.165) is 0 Å². The summed E-state index contributed by atoms with van der Waals surface area (Å²) in [6.45, 7) is 1.17. The largest absolute Gasteiger partial charge is 0.379 e. The van der Waals surface area contributed by atoms with Crippen LogP contribution in [-0.2, 0) is 11.4 Å². The summed E-state index contributed by atoms with van der Waals surface area (Å²) in [5, 5.41) is 7.48. The van der Waals surface area contributed by atoms with Crippen LogP contribution >= 0.6 is 34.8 Å². The van der Waals surface area contributed by atoms with Crippen LogP contribution in [0.5, 0.6) is 0 Å². The number of hydrazine groups is 1. The van der Waals surface area contributed by atoms with E-state index in [4.69, 9.17) is 39.5 Å². The topological polar surface area (TPSA) is 59.4 Å². The van der Waals surface area contributed by atoms with Crippen molar-refractivity contribution in [2.24, 2.45) is 0 Å². The third-order valence-electron chi connectivity index (χ3n) is 4.86. The zero-order valence-corrected chi connectivity index (χ0v) is 18.5. The maximum Gasteiger partial charge on any atom is 0.286 e. The maximum atomic E-state index is 14.3. The van der Waals surface area contributed by atoms with E-state index in [9.17, 15) is 9.18 Å². The highest BCUT2D eigenvalue weighted by Crippen LogP contribution is 2.34. The number of rotatable bonds is 5. The molecule has 1 N–H and O–H groups in total. The number of halogens is 4. The van der Waals surface area contributed by atoms with Gasteiger partial charge in [-0.25, -0.2) is 14.1 Å². The van der Waals surface area contributed by atoms with E-state index in [1.807, 2.05) is 0 Å². The minimum absolute atomic E-state index is 0.0232. The monoisotopic (exact) mass is 481 g/mol. The number of nitrogens with zero attached hydrogens (tertiary/aromatic N) is 3. The Morgan fingerprint density at radius 3 is 2.39 bits per heavy atom. The molecule has 0 radical (unpaired) electrons. The van der Waals surface area contributed by atoms with Gasteiger partial charge < -0.3 is 4.74 Å². The Hall–Kier alpha value is -2.16. The van der Waals surface area contributed by atoms with Gasteiger partial charge in [0, 0.05) is 34.3 Å². The maximum absolute atomic E-state index is 14.3. The second-order valence-corrected chi connectivity index (χ2v) is 8.14. The first-order chi connectivity index (χ1) is 15.0. The SMILES string of the molecule is O=C(NN1CCOCC1)c1nn(-c2ccc(Cl)cc2Cl)c(-c2ccc(Cl)cc2)c1C[18F]. The molecule has 31 heavy (non-hydrogen) atoms. The van der Waals surface area contributed by atoms with Crippen LogP contribution in [0.15, 0.2) is 42.5 Å². The quantitative estimate of drug-likeness (QED) is 0.559. The van der Waals surface area contributed by atoms with Gasteiger partial charge in [-0.1, -0.05) is 46.9 Å². The molecule has 10 heteroatoms. The highest BCUT2D eigenvalue weighted by Gasteiger charge is 2.27. The average Bonchev–Trinajstić information content (AvgIpc) is 3.14. The minimum Gasteiger partial charge on any atom is -0.379 e. The van der Waals surface area contributed by atoms with Crippen LogP contribution in [0.3, 0.4) is 0 Å². The van der Waals surface area contributed by atoms with Crippen molar-refractivity contribution < 1.29 is 13.9 Å². The third-order valence-corrected chi connectivity index (χ3v) is 5.65. The molecular formula is C21H18Cl3FN4O2. The van der Waals surface area contributed by atoms with Gasteiger partial charge in [0.1, 0.15) is 6.67 Å². The van der Waals surface area contributed by atoms with E-state index in [2.05, 4.69) is 10.5 Å². The Bertz CT molecular complexity index is 1100. The molecule has 0 unspecified atom stereocenters. The Kier molecular flexibility index (Phi) is 6.79. The van der Waals surface area contributed by atoms with Crippen LogP contribution in [0.4, 0.5) is 4.39 Å². The summed E-state index contributed by atoms with van der Waals surface area (Å²) in [6, 6.07) is 11.7. The molecule has 0 spiro atoms. The summed E-state index contributed by atoms with van der Waals surface area (Å²) in [6.07, 6.45) is 0. The lowest BCUT2D eigenvalue weighted by Crippen LogP contribution is -2.48. The Morgan fingerprint density at radius 1 is 1.06 bits per heavy atom. The summed E-state index contributed by atoms with van der Waals surface area (Å²) in [4.78, 5) is 13.0. The minimum atomic E-state index is -0.894. The van der Waals surface area contributed by atoms with E-state index in [1.165, 1.54) is 4.68 Å². The number of hydrogen-bond acceptors (Lipinski definition) is 4. The van der Waals surface area contributed by atoms with Gasteiger partial charge in [0.15, 0.2) is 5.69 Å². The normalized spacial score (nSPS) is 14.6. The van der Waals surface area contributed by atoms with Gasteiger partial charge in [0.05, 0.1) is 29.6 Å². The number of carbonyl (C=O) groups excluding carboxylic acids is 1. The van der Waals surface area contributed by atoms with Crippen LogP contribution in [0.2, 0.25) is 15.1 Å². The predicted molar refractivity (Wildman–Crippen MR) is 119 cm³/mol. The molecule has 2 heterocycles. The fraction of sp³-hybridized carbons (Fsp3) is 0.238. The van der Waals surface area contributed by atoms with Crippen LogP contribution in [0.1, 0.15) is 16.1 Å². The standard InChI is InChI=1S/C21H18Cl3FN4O2/c22-14-3-1-13(2-4-14)20-16(12-25)19(21(30)27-28-7-9-31-10-8-28)26-29(20)18-6-5-15(23)11-17(18)24/h1-6,11H,7-10,12H2,(H,27,30)/i25-1. The Balaban J connectivity index is 1.84. The summed E-state index contributed by atoms with van der Waals surface area (Å²) < 4.78 is 21.1. The fourth-order valence-corrected chi connectivity index (χ4v) is 3.98. The van der Waals surface area contributed by atoms with Crippen molar-refractivity contribution in [3.63, 3.8) is 0 Å². The van der Waals surface area contributed by atoms with E-state index < -0.39 is 12.6 Å². The number of nitrogens with one attached hydrogen (secondary N) is 1. The lowest BCUT2D eigenvalue weighted by molar-refractivity contribution is 0.0124. The molecule has 162 valence electrons. The number of ether oxygens (including phenoxy) is 1. The summed E-state index contributed by atoms with van der Waals surface area (Å²) in [7, 11) is 0. The molecule has 6 nitrogen and oxygen atoms in total. The molecule has 3 aromatic rings. The number of amides is 1. The summed E-state index contributed by atoms with van der Waals surface area (Å²) >= 11 is 18.5. The number of hydrogen-bond donors (Lipinski definition) is 1. The van der Waals surface area contributed by atoms with Crippen LogP contribution < -0.4 is 5.43 Å². The van der Waals surface area contributed by atoms with Crippen molar-refractivity contribution >= 4 is 40.7 Å². The first kappa shape index (κ1) is 22.0. The first-order valence-electron chi connectivity index (χ1n) is 9.51. The van der Waals surface area contributed by atoms with E-state index in [0.29, 0.717) is 58.3 Å². The number of morpholine rings is 1. The highest BCUT2D eigenvalue weighted by atomic mass is 35.5. The van der Waals surface area contributed by atoms with Crippen LogP contribution in [0.25, 0.3) is 16.9 Å². The Labute approximate surface area is 193 Å². The molecule has 0 aliphatic carbocycles. The van der Waals surface area contributed by atoms with Crippen molar-refractivity contribution in [3.8, 4) is 16.9 Å². The molecule has 0 bridgehead atoms. The third kappa shape index (κ3) is 4.71. The lowest BCUT2D eigenvalue weighted by atomic mass is 10.1. The zero-order valence-electron chi connectivity index (χ0n) is 16.2. The van der Waals surface area contributed by atoms with Crippen molar-refractivity contribution in [3.05, 3.63) is 68.8 Å². The molecule has 1 amide bonds. The smallest absolute Gasteiger partial charge is 0.286 e. The van der Waals surface area contributed by atoms with E-state index in [1.54, 1.807) is 47.5 Å². The number of benzene rings is 2. The molecule has 0 saturated carbocycles. The van der Waals surface area contributed by atoms with Crippen LogP contribution in [-0.4, -0.2) is 47.0 Å². The molecular weight excluding hydrogens is 465 g/mol. The van der Waals surface area contributed by atoms with Gasteiger partial charge in [0.25, 0.3) is 5.91 Å². The molecule has 0 atom stereocenters. The van der Waals surface area contributed by atoms with E-state index >= 15 is 0 Å². The van der Waals surface area contributed by atoms with Crippen molar-refractivity contribution in [1.82, 2.24) is 20.2 Å². The van der Waals surface area contributed by atoms with E-state index in [-0.39, 0.29) is 11.3 Å². The van der Waals surface area contributed by atoms with Gasteiger partial charge in [-0.15, -0.1) is 0 Å². The fourth-order valence-electron chi connectivity index (χ4n) is 3.36. The number of carbonyl (C=O) groups is 1. The van der Waals surface area contributed by atoms with Crippen LogP contribution in [0, 0.1) is 0 Å². The lowest BCUT2D eigenvalue weighted by Gasteiger charge is -2.26. The van der Waals surface area contributed by atoms with Crippen molar-refractivity contribution in [1.29, 1.82) is 0 Å². The Morgan fingerprint density at radius 2 is 1.74 bits per heavy atom. The molecule has 1 fully saturated rings. The zero-order chi connectivity index (χ0) is 22.0. The van der Waals surface area contributed by atoms with Gasteiger partial charge in [-0.2, -0.15) is 5.10 Å². The van der Waals surface area contributed by atoms with Crippen molar-refractivity contribution in [2.45, 2.75) is 6.67 Å². The second kappa shape index (κ2) is 9.54. The number of aromatic nitrogens is 2. The number of alkyl halides is 1. The van der Waals surface area contributed by atoms with Gasteiger partial charge >= 0.3 is 0 Å². The molecule has 1 saturated heterocycles. The summed E-state index contributed by atoms with van der Waals surface area (Å²) in [5.74, 6) is -0.506. The highest BCUT2D eigenvalue weighted by molar-refractivity contribution is 6.35. The molecule has 1 aromatic heterocycles. The molecule has 1 aliphatic heterocycles. The van der Waals surface area contributed by atoms with Gasteiger partial charge in [0.2, 0.25) is 0 Å². The molecule has 2 aromatic carbocycles. The molecule has 4 rings (SSSR count). The van der Waals surface area contributed by atoms with Crippen molar-refractivity contribution in [2.75, 3.05) is 26.3 Å². The summed E-state index contributed by atoms with van der Waals surface area (Å²) in [5.41, 5.74) is 4.43. The second-order valence-electron chi connectivity index (χ2n) is 6.86. The van der Waals surface area contributed by atoms with Gasteiger partial charge in [-0.05, 0) is 30.3 Å².